The van der Waals surface area contributed by atoms with Crippen LogP contribution in [0.3, 0.4) is 0 Å². The lowest BCUT2D eigenvalue weighted by Crippen LogP contribution is -2.26. The summed E-state index contributed by atoms with van der Waals surface area (Å²) < 4.78 is 53.9. The van der Waals surface area contributed by atoms with Gasteiger partial charge in [0.05, 0.1) is 10.8 Å². The first-order valence-corrected chi connectivity index (χ1v) is 8.40. The monoisotopic (exact) mass is 384 g/mol. The zero-order valence-electron chi connectivity index (χ0n) is 13.3. The summed E-state index contributed by atoms with van der Waals surface area (Å²) in [4.78, 5) is 23.5. The van der Waals surface area contributed by atoms with E-state index in [9.17, 15) is 22.4 Å². The Balaban J connectivity index is 1.81. The van der Waals surface area contributed by atoms with Crippen molar-refractivity contribution in [3.63, 3.8) is 0 Å². The Morgan fingerprint density at radius 2 is 1.96 bits per heavy atom. The number of carbonyl (C=O) groups is 1. The molecule has 2 N–H and O–H groups in total. The molecule has 0 unspecified atom stereocenters. The van der Waals surface area contributed by atoms with E-state index >= 15 is 0 Å². The van der Waals surface area contributed by atoms with E-state index in [1.165, 1.54) is 0 Å². The minimum Gasteiger partial charge on any atom is -0.332 e. The summed E-state index contributed by atoms with van der Waals surface area (Å²) in [6.07, 6.45) is 1.84. The third-order valence-corrected chi connectivity index (χ3v) is 4.76. The molecule has 136 valence electrons. The van der Waals surface area contributed by atoms with Crippen molar-refractivity contribution in [2.45, 2.75) is 23.8 Å². The molecule has 5 nitrogen and oxygen atoms in total. The summed E-state index contributed by atoms with van der Waals surface area (Å²) in [5.41, 5.74) is -0.0399. The van der Waals surface area contributed by atoms with Gasteiger partial charge in [-0.3, -0.25) is 4.79 Å². The first-order valence-electron chi connectivity index (χ1n) is 7.52. The molecule has 0 radical (unpaired) electrons. The summed E-state index contributed by atoms with van der Waals surface area (Å²) in [6, 6.07) is 3.54. The number of hydrogen-bond acceptors (Lipinski definition) is 4. The summed E-state index contributed by atoms with van der Waals surface area (Å²) in [5.74, 6) is -7.32. The van der Waals surface area contributed by atoms with Crippen LogP contribution in [-0.2, 0) is 4.79 Å². The molecule has 0 bridgehead atoms. The van der Waals surface area contributed by atoms with Gasteiger partial charge < -0.3 is 10.3 Å². The Bertz CT molecular complexity index is 919. The molecule has 0 saturated carbocycles. The van der Waals surface area contributed by atoms with Gasteiger partial charge >= 0.3 is 0 Å². The van der Waals surface area contributed by atoms with Gasteiger partial charge in [-0.25, -0.2) is 27.5 Å². The molecule has 0 saturated heterocycles. The molecule has 10 heteroatoms. The van der Waals surface area contributed by atoms with Crippen LogP contribution < -0.4 is 5.32 Å². The summed E-state index contributed by atoms with van der Waals surface area (Å²) in [5, 5.41) is 1.49. The number of halogens is 4. The number of anilines is 1. The molecule has 3 aromatic rings. The average Bonchev–Trinajstić information content (AvgIpc) is 3.04. The van der Waals surface area contributed by atoms with Gasteiger partial charge in [0.15, 0.2) is 34.1 Å². The number of fused-ring (bicyclic) bond motifs is 1. The maximum absolute atomic E-state index is 13.7. The van der Waals surface area contributed by atoms with Crippen LogP contribution in [0.25, 0.3) is 11.2 Å². The van der Waals surface area contributed by atoms with E-state index in [0.29, 0.717) is 16.3 Å². The molecule has 0 aliphatic heterocycles. The highest BCUT2D eigenvalue weighted by molar-refractivity contribution is 8.00. The Morgan fingerprint density at radius 1 is 1.27 bits per heavy atom. The largest absolute Gasteiger partial charge is 0.332 e. The van der Waals surface area contributed by atoms with Gasteiger partial charge in [0, 0.05) is 12.3 Å². The maximum Gasteiger partial charge on any atom is 0.238 e. The van der Waals surface area contributed by atoms with E-state index in [4.69, 9.17) is 0 Å². The van der Waals surface area contributed by atoms with E-state index in [2.05, 4.69) is 15.0 Å². The third-order valence-electron chi connectivity index (χ3n) is 3.51. The maximum atomic E-state index is 13.7. The standard InChI is InChI=1S/C16H12F4N4OS/c1-2-10(26-16-22-9-4-3-5-21-14(9)24-16)15(25)23-13-11(19)7(17)6-8(18)12(13)20/h3-6,10H,2H2,1H3,(H,23,25)(H,21,22,24)/t10-/m1/s1. The van der Waals surface area contributed by atoms with E-state index < -0.39 is 40.1 Å². The lowest BCUT2D eigenvalue weighted by molar-refractivity contribution is -0.115. The lowest BCUT2D eigenvalue weighted by atomic mass is 10.2. The van der Waals surface area contributed by atoms with E-state index in [-0.39, 0.29) is 12.5 Å². The molecule has 2 aromatic heterocycles. The minimum atomic E-state index is -1.66. The van der Waals surface area contributed by atoms with Crippen LogP contribution >= 0.6 is 11.8 Å². The van der Waals surface area contributed by atoms with Crippen molar-refractivity contribution in [2.75, 3.05) is 5.32 Å². The van der Waals surface area contributed by atoms with Crippen molar-refractivity contribution >= 4 is 34.5 Å². The average molecular weight is 384 g/mol. The number of pyridine rings is 1. The quantitative estimate of drug-likeness (QED) is 0.396. The smallest absolute Gasteiger partial charge is 0.238 e. The fraction of sp³-hybridized carbons (Fsp3) is 0.188. The highest BCUT2D eigenvalue weighted by atomic mass is 32.2. The molecule has 1 atom stereocenters. The number of H-pyrrole nitrogens is 1. The molecule has 0 aliphatic carbocycles. The number of nitrogens with zero attached hydrogens (tertiary/aromatic N) is 2. The van der Waals surface area contributed by atoms with Gasteiger partial charge in [-0.05, 0) is 18.6 Å². The van der Waals surface area contributed by atoms with Crippen molar-refractivity contribution in [3.8, 4) is 0 Å². The number of aromatic amines is 1. The van der Waals surface area contributed by atoms with Crippen LogP contribution in [-0.4, -0.2) is 26.1 Å². The SMILES string of the molecule is CC[C@@H](Sc1nc2ncccc2[nH]1)C(=O)Nc1c(F)c(F)cc(F)c1F. The number of carbonyl (C=O) groups excluding carboxylic acids is 1. The molecular weight excluding hydrogens is 372 g/mol. The summed E-state index contributed by atoms with van der Waals surface area (Å²) >= 11 is 1.01. The molecule has 2 heterocycles. The number of hydrogen-bond donors (Lipinski definition) is 2. The van der Waals surface area contributed by atoms with E-state index in [1.807, 2.05) is 5.32 Å². The number of benzene rings is 1. The molecule has 1 aromatic carbocycles. The van der Waals surface area contributed by atoms with Crippen molar-refractivity contribution < 1.29 is 22.4 Å². The molecule has 26 heavy (non-hydrogen) atoms. The van der Waals surface area contributed by atoms with E-state index in [0.717, 1.165) is 11.8 Å². The number of thioether (sulfide) groups is 1. The fourth-order valence-electron chi connectivity index (χ4n) is 2.22. The second-order valence-corrected chi connectivity index (χ2v) is 6.46. The zero-order valence-corrected chi connectivity index (χ0v) is 14.1. The van der Waals surface area contributed by atoms with Crippen LogP contribution in [0.15, 0.2) is 29.6 Å². The van der Waals surface area contributed by atoms with E-state index in [1.54, 1.807) is 25.3 Å². The van der Waals surface area contributed by atoms with Crippen molar-refractivity contribution in [1.29, 1.82) is 0 Å². The number of imidazole rings is 1. The molecule has 0 spiro atoms. The molecular formula is C16H12F4N4OS. The first kappa shape index (κ1) is 18.2. The predicted molar refractivity (Wildman–Crippen MR) is 88.7 cm³/mol. The molecule has 1 amide bonds. The second kappa shape index (κ2) is 7.32. The minimum absolute atomic E-state index is 0.0772. The lowest BCUT2D eigenvalue weighted by Gasteiger charge is -2.14. The first-order chi connectivity index (χ1) is 12.4. The van der Waals surface area contributed by atoms with Gasteiger partial charge in [-0.2, -0.15) is 0 Å². The summed E-state index contributed by atoms with van der Waals surface area (Å²) in [7, 11) is 0. The van der Waals surface area contributed by atoms with Crippen LogP contribution in [0.4, 0.5) is 23.2 Å². The van der Waals surface area contributed by atoms with Crippen LogP contribution in [0, 0.1) is 23.3 Å². The Kier molecular flexibility index (Phi) is 5.12. The van der Waals surface area contributed by atoms with Gasteiger partial charge in [-0.15, -0.1) is 0 Å². The van der Waals surface area contributed by atoms with Crippen molar-refractivity contribution in [1.82, 2.24) is 15.0 Å². The Labute approximate surface area is 149 Å². The number of rotatable bonds is 5. The van der Waals surface area contributed by atoms with Gasteiger partial charge in [0.2, 0.25) is 5.91 Å². The number of nitrogens with one attached hydrogen (secondary N) is 2. The highest BCUT2D eigenvalue weighted by Crippen LogP contribution is 2.28. The third kappa shape index (κ3) is 3.50. The topological polar surface area (TPSA) is 70.7 Å². The number of amides is 1. The van der Waals surface area contributed by atoms with Gasteiger partial charge in [0.25, 0.3) is 0 Å². The van der Waals surface area contributed by atoms with Crippen LogP contribution in [0.2, 0.25) is 0 Å². The number of aromatic nitrogens is 3. The van der Waals surface area contributed by atoms with Crippen LogP contribution in [0.5, 0.6) is 0 Å². The van der Waals surface area contributed by atoms with Gasteiger partial charge in [0.1, 0.15) is 5.69 Å². The Hall–Kier alpha value is -2.62. The highest BCUT2D eigenvalue weighted by Gasteiger charge is 2.25. The zero-order chi connectivity index (χ0) is 18.8. The molecule has 0 aliphatic rings. The van der Waals surface area contributed by atoms with Crippen LogP contribution in [0.1, 0.15) is 13.3 Å². The fourth-order valence-corrected chi connectivity index (χ4v) is 3.13. The normalized spacial score (nSPS) is 12.3. The molecule has 0 fully saturated rings. The Morgan fingerprint density at radius 3 is 2.58 bits per heavy atom. The predicted octanol–water partition coefficient (Wildman–Crippen LogP) is 4.02. The van der Waals surface area contributed by atoms with Crippen molar-refractivity contribution in [3.05, 3.63) is 47.7 Å². The van der Waals surface area contributed by atoms with Crippen molar-refractivity contribution in [2.24, 2.45) is 0 Å². The second-order valence-electron chi connectivity index (χ2n) is 5.26. The van der Waals surface area contributed by atoms with Gasteiger partial charge in [-0.1, -0.05) is 18.7 Å². The molecule has 3 rings (SSSR count). The summed E-state index contributed by atoms with van der Waals surface area (Å²) in [6.45, 7) is 1.68.